The van der Waals surface area contributed by atoms with Crippen LogP contribution in [0.25, 0.3) is 10.9 Å². The Hall–Kier alpha value is -2.91. The largest absolute Gasteiger partial charge is 0.379 e. The number of aryl methyl sites for hydroxylation is 2. The van der Waals surface area contributed by atoms with Crippen molar-refractivity contribution in [2.45, 2.75) is 26.8 Å². The van der Waals surface area contributed by atoms with E-state index >= 15 is 0 Å². The van der Waals surface area contributed by atoms with Gasteiger partial charge in [0.1, 0.15) is 12.4 Å². The maximum atomic E-state index is 5.44. The summed E-state index contributed by atoms with van der Waals surface area (Å²) in [6, 6.07) is 6.43. The highest BCUT2D eigenvalue weighted by Crippen LogP contribution is 2.21. The number of hydrogen-bond acceptors (Lipinski definition) is 5. The fourth-order valence-corrected chi connectivity index (χ4v) is 3.96. The molecule has 1 aliphatic rings. The fourth-order valence-electron chi connectivity index (χ4n) is 3.96. The summed E-state index contributed by atoms with van der Waals surface area (Å²) in [5.41, 5.74) is 3.80. The minimum Gasteiger partial charge on any atom is -0.379 e. The lowest BCUT2D eigenvalue weighted by molar-refractivity contribution is 0.0389. The number of nitrogens with one attached hydrogen (secondary N) is 3. The molecule has 0 bridgehead atoms. The van der Waals surface area contributed by atoms with Crippen molar-refractivity contribution in [3.63, 3.8) is 0 Å². The van der Waals surface area contributed by atoms with Gasteiger partial charge in [-0.2, -0.15) is 0 Å². The molecule has 1 saturated heterocycles. The molecular weight excluding hydrogens is 404 g/mol. The summed E-state index contributed by atoms with van der Waals surface area (Å²) >= 11 is 0. The van der Waals surface area contributed by atoms with Crippen LogP contribution in [0.4, 0.5) is 0 Å². The molecule has 3 heterocycles. The summed E-state index contributed by atoms with van der Waals surface area (Å²) < 4.78 is 7.41. The lowest BCUT2D eigenvalue weighted by Gasteiger charge is -2.26. The molecule has 0 radical (unpaired) electrons. The first-order valence-corrected chi connectivity index (χ1v) is 11.3. The SMILES string of the molecule is Cc1cccc2c(CCNC(=NCc3nnc(C)n3C)NCCN3CCOCC3)c[nH]c12. The van der Waals surface area contributed by atoms with Crippen LogP contribution in [0.15, 0.2) is 29.4 Å². The van der Waals surface area contributed by atoms with E-state index in [1.54, 1.807) is 0 Å². The second kappa shape index (κ2) is 10.6. The third-order valence-corrected chi connectivity index (χ3v) is 6.08. The number of fused-ring (bicyclic) bond motifs is 1. The highest BCUT2D eigenvalue weighted by atomic mass is 16.5. The Morgan fingerprint density at radius 2 is 1.97 bits per heavy atom. The molecule has 0 unspecified atom stereocenters. The summed E-state index contributed by atoms with van der Waals surface area (Å²) in [5, 5.41) is 16.6. The van der Waals surface area contributed by atoms with Gasteiger partial charge in [0.05, 0.1) is 13.2 Å². The minimum atomic E-state index is 0.483. The highest BCUT2D eigenvalue weighted by molar-refractivity contribution is 5.86. The summed E-state index contributed by atoms with van der Waals surface area (Å²) in [6.07, 6.45) is 3.03. The number of aromatic amines is 1. The quantitative estimate of drug-likeness (QED) is 0.365. The van der Waals surface area contributed by atoms with Crippen molar-refractivity contribution in [2.75, 3.05) is 45.9 Å². The monoisotopic (exact) mass is 438 g/mol. The van der Waals surface area contributed by atoms with Crippen molar-refractivity contribution >= 4 is 16.9 Å². The van der Waals surface area contributed by atoms with Gasteiger partial charge in [0.25, 0.3) is 0 Å². The number of guanidine groups is 1. The number of H-pyrrole nitrogens is 1. The van der Waals surface area contributed by atoms with Gasteiger partial charge in [0.2, 0.25) is 0 Å². The molecule has 1 aliphatic heterocycles. The second-order valence-corrected chi connectivity index (χ2v) is 8.26. The van der Waals surface area contributed by atoms with Gasteiger partial charge in [0.15, 0.2) is 11.8 Å². The average molecular weight is 439 g/mol. The maximum absolute atomic E-state index is 5.44. The number of hydrogen-bond donors (Lipinski definition) is 3. The molecule has 3 N–H and O–H groups in total. The van der Waals surface area contributed by atoms with Crippen molar-refractivity contribution in [1.82, 2.24) is 35.3 Å². The first kappa shape index (κ1) is 22.3. The van der Waals surface area contributed by atoms with Gasteiger partial charge < -0.3 is 24.9 Å². The molecule has 9 heteroatoms. The Kier molecular flexibility index (Phi) is 7.39. The van der Waals surface area contributed by atoms with Gasteiger partial charge in [-0.1, -0.05) is 18.2 Å². The van der Waals surface area contributed by atoms with E-state index in [1.165, 1.54) is 22.0 Å². The minimum absolute atomic E-state index is 0.483. The van der Waals surface area contributed by atoms with Crippen LogP contribution < -0.4 is 10.6 Å². The lowest BCUT2D eigenvalue weighted by Crippen LogP contribution is -2.44. The number of rotatable bonds is 8. The number of para-hydroxylation sites is 1. The van der Waals surface area contributed by atoms with Crippen molar-refractivity contribution in [2.24, 2.45) is 12.0 Å². The number of morpholine rings is 1. The molecule has 2 aromatic heterocycles. The predicted molar refractivity (Wildman–Crippen MR) is 127 cm³/mol. The second-order valence-electron chi connectivity index (χ2n) is 8.26. The third kappa shape index (κ3) is 5.46. The Labute approximate surface area is 189 Å². The van der Waals surface area contributed by atoms with Gasteiger partial charge in [-0.15, -0.1) is 10.2 Å². The van der Waals surface area contributed by atoms with Crippen molar-refractivity contribution in [3.8, 4) is 0 Å². The van der Waals surface area contributed by atoms with Crippen LogP contribution in [-0.2, 0) is 24.8 Å². The Balaban J connectivity index is 1.36. The Morgan fingerprint density at radius 3 is 2.75 bits per heavy atom. The van der Waals surface area contributed by atoms with Gasteiger partial charge in [0, 0.05) is 56.9 Å². The van der Waals surface area contributed by atoms with Crippen LogP contribution in [0.1, 0.15) is 22.8 Å². The van der Waals surface area contributed by atoms with Crippen molar-refractivity contribution in [3.05, 3.63) is 47.2 Å². The molecule has 32 heavy (non-hydrogen) atoms. The smallest absolute Gasteiger partial charge is 0.191 e. The normalized spacial score (nSPS) is 15.4. The van der Waals surface area contributed by atoms with Crippen LogP contribution >= 0.6 is 0 Å². The van der Waals surface area contributed by atoms with Crippen LogP contribution in [-0.4, -0.2) is 76.5 Å². The molecule has 3 aromatic rings. The zero-order valence-electron chi connectivity index (χ0n) is 19.3. The molecular formula is C23H34N8O. The van der Waals surface area contributed by atoms with Crippen molar-refractivity contribution < 1.29 is 4.74 Å². The summed E-state index contributed by atoms with van der Waals surface area (Å²) in [5.74, 6) is 2.54. The van der Waals surface area contributed by atoms with Crippen LogP contribution in [0.5, 0.6) is 0 Å². The number of aliphatic imine (C=N–C) groups is 1. The zero-order chi connectivity index (χ0) is 22.3. The van der Waals surface area contributed by atoms with Crippen LogP contribution in [0.2, 0.25) is 0 Å². The van der Waals surface area contributed by atoms with E-state index < -0.39 is 0 Å². The molecule has 9 nitrogen and oxygen atoms in total. The standard InChI is InChI=1S/C23H34N8O/c1-17-5-4-6-20-19(15-26-22(17)20)7-8-24-23(25-9-10-31-11-13-32-14-12-31)27-16-21-29-28-18(2)30(21)3/h4-6,15,26H,7-14,16H2,1-3H3,(H2,24,25,27). The van der Waals surface area contributed by atoms with E-state index in [2.05, 4.69) is 62.0 Å². The van der Waals surface area contributed by atoms with E-state index in [9.17, 15) is 0 Å². The number of aromatic nitrogens is 4. The molecule has 0 saturated carbocycles. The average Bonchev–Trinajstić information content (AvgIpc) is 3.37. The van der Waals surface area contributed by atoms with Crippen molar-refractivity contribution in [1.29, 1.82) is 0 Å². The Bertz CT molecular complexity index is 1050. The predicted octanol–water partition coefficient (Wildman–Crippen LogP) is 1.52. The van der Waals surface area contributed by atoms with E-state index in [0.29, 0.717) is 6.54 Å². The molecule has 1 aromatic carbocycles. The number of nitrogens with zero attached hydrogens (tertiary/aromatic N) is 5. The fraction of sp³-hybridized carbons (Fsp3) is 0.522. The van der Waals surface area contributed by atoms with E-state index in [4.69, 9.17) is 9.73 Å². The first-order valence-electron chi connectivity index (χ1n) is 11.3. The number of benzene rings is 1. The lowest BCUT2D eigenvalue weighted by atomic mass is 10.1. The molecule has 1 fully saturated rings. The van der Waals surface area contributed by atoms with Gasteiger partial charge in [-0.25, -0.2) is 4.99 Å². The summed E-state index contributed by atoms with van der Waals surface area (Å²) in [4.78, 5) is 10.6. The molecule has 172 valence electrons. The van der Waals surface area contributed by atoms with E-state index in [1.807, 2.05) is 18.5 Å². The zero-order valence-corrected chi connectivity index (χ0v) is 19.3. The van der Waals surface area contributed by atoms with E-state index in [0.717, 1.165) is 70.0 Å². The third-order valence-electron chi connectivity index (χ3n) is 6.08. The summed E-state index contributed by atoms with van der Waals surface area (Å²) in [6.45, 7) is 10.8. The highest BCUT2D eigenvalue weighted by Gasteiger charge is 2.11. The molecule has 0 aliphatic carbocycles. The molecule has 0 amide bonds. The van der Waals surface area contributed by atoms with Gasteiger partial charge in [-0.3, -0.25) is 4.90 Å². The maximum Gasteiger partial charge on any atom is 0.191 e. The molecule has 0 spiro atoms. The Morgan fingerprint density at radius 1 is 1.16 bits per heavy atom. The van der Waals surface area contributed by atoms with E-state index in [-0.39, 0.29) is 0 Å². The first-order chi connectivity index (χ1) is 15.6. The topological polar surface area (TPSA) is 95.4 Å². The number of ether oxygens (including phenoxy) is 1. The van der Waals surface area contributed by atoms with Gasteiger partial charge >= 0.3 is 0 Å². The van der Waals surface area contributed by atoms with Crippen LogP contribution in [0.3, 0.4) is 0 Å². The molecule has 4 rings (SSSR count). The summed E-state index contributed by atoms with van der Waals surface area (Å²) in [7, 11) is 1.97. The molecule has 0 atom stereocenters. The van der Waals surface area contributed by atoms with Gasteiger partial charge in [-0.05, 0) is 31.4 Å². The van der Waals surface area contributed by atoms with Crippen LogP contribution in [0, 0.1) is 13.8 Å².